The van der Waals surface area contributed by atoms with Crippen molar-refractivity contribution in [3.8, 4) is 0 Å². The third kappa shape index (κ3) is 6.09. The summed E-state index contributed by atoms with van der Waals surface area (Å²) in [5.74, 6) is -0.374. The van der Waals surface area contributed by atoms with Crippen LogP contribution in [0.2, 0.25) is 0 Å². The minimum atomic E-state index is -0.374. The van der Waals surface area contributed by atoms with Crippen LogP contribution in [-0.2, 0) is 11.3 Å². The molecule has 28 heavy (non-hydrogen) atoms. The van der Waals surface area contributed by atoms with Crippen molar-refractivity contribution in [2.45, 2.75) is 26.4 Å². The largest absolute Gasteiger partial charge is 0.465 e. The second-order valence-corrected chi connectivity index (χ2v) is 6.40. The molecule has 0 spiro atoms. The Labute approximate surface area is 166 Å². The number of carbonyl (C=O) groups is 2. The highest BCUT2D eigenvalue weighted by Gasteiger charge is 2.18. The summed E-state index contributed by atoms with van der Waals surface area (Å²) in [5, 5.41) is 5.83. The Morgan fingerprint density at radius 2 is 1.61 bits per heavy atom. The first kappa shape index (κ1) is 21.4. The molecule has 6 heteroatoms. The summed E-state index contributed by atoms with van der Waals surface area (Å²) >= 11 is 0. The molecule has 0 saturated heterocycles. The molecule has 0 aromatic heterocycles. The van der Waals surface area contributed by atoms with Gasteiger partial charge in [-0.3, -0.25) is 4.90 Å². The number of carbonyl (C=O) groups excluding carboxylic acids is 2. The highest BCUT2D eigenvalue weighted by molar-refractivity contribution is 5.89. The van der Waals surface area contributed by atoms with E-state index < -0.39 is 0 Å². The Hall–Kier alpha value is -2.86. The first-order chi connectivity index (χ1) is 13.6. The maximum atomic E-state index is 12.3. The molecule has 6 nitrogen and oxygen atoms in total. The van der Waals surface area contributed by atoms with Crippen LogP contribution in [-0.4, -0.2) is 43.6 Å². The Morgan fingerprint density at radius 3 is 2.18 bits per heavy atom. The van der Waals surface area contributed by atoms with E-state index in [1.165, 1.54) is 12.7 Å². The molecule has 150 valence electrons. The van der Waals surface area contributed by atoms with Gasteiger partial charge in [-0.1, -0.05) is 56.3 Å². The maximum absolute atomic E-state index is 12.3. The van der Waals surface area contributed by atoms with Crippen LogP contribution in [0.5, 0.6) is 0 Å². The molecule has 2 N–H and O–H groups in total. The van der Waals surface area contributed by atoms with Crippen molar-refractivity contribution >= 4 is 12.0 Å². The monoisotopic (exact) mass is 383 g/mol. The Balaban J connectivity index is 1.89. The van der Waals surface area contributed by atoms with Crippen LogP contribution in [0.1, 0.15) is 41.4 Å². The molecule has 0 bridgehead atoms. The fraction of sp³-hybridized carbons (Fsp3) is 0.364. The van der Waals surface area contributed by atoms with E-state index in [0.717, 1.165) is 18.7 Å². The fourth-order valence-corrected chi connectivity index (χ4v) is 3.11. The van der Waals surface area contributed by atoms with E-state index in [9.17, 15) is 9.59 Å². The van der Waals surface area contributed by atoms with Crippen LogP contribution in [0.25, 0.3) is 0 Å². The zero-order chi connectivity index (χ0) is 20.4. The molecule has 0 aliphatic carbocycles. The number of rotatable bonds is 9. The van der Waals surface area contributed by atoms with E-state index in [-0.39, 0.29) is 18.0 Å². The van der Waals surface area contributed by atoms with Crippen molar-refractivity contribution in [1.29, 1.82) is 0 Å². The summed E-state index contributed by atoms with van der Waals surface area (Å²) in [6.07, 6.45) is 0. The van der Waals surface area contributed by atoms with Gasteiger partial charge in [0.15, 0.2) is 0 Å². The lowest BCUT2D eigenvalue weighted by molar-refractivity contribution is 0.0600. The Bertz CT molecular complexity index is 743. The van der Waals surface area contributed by atoms with Crippen LogP contribution < -0.4 is 10.6 Å². The van der Waals surface area contributed by atoms with Crippen LogP contribution in [0, 0.1) is 0 Å². The van der Waals surface area contributed by atoms with Gasteiger partial charge in [-0.05, 0) is 36.3 Å². The summed E-state index contributed by atoms with van der Waals surface area (Å²) in [4.78, 5) is 26.0. The van der Waals surface area contributed by atoms with Gasteiger partial charge in [-0.25, -0.2) is 9.59 Å². The number of ether oxygens (including phenoxy) is 1. The molecular weight excluding hydrogens is 354 g/mol. The third-order valence-corrected chi connectivity index (χ3v) is 4.72. The van der Waals surface area contributed by atoms with Gasteiger partial charge in [0.25, 0.3) is 0 Å². The topological polar surface area (TPSA) is 70.7 Å². The van der Waals surface area contributed by atoms with E-state index >= 15 is 0 Å². The predicted molar refractivity (Wildman–Crippen MR) is 110 cm³/mol. The molecule has 0 aliphatic rings. The van der Waals surface area contributed by atoms with Gasteiger partial charge in [-0.15, -0.1) is 0 Å². The molecule has 2 aromatic rings. The Morgan fingerprint density at radius 1 is 0.964 bits per heavy atom. The van der Waals surface area contributed by atoms with Crippen molar-refractivity contribution in [3.63, 3.8) is 0 Å². The third-order valence-electron chi connectivity index (χ3n) is 4.72. The highest BCUT2D eigenvalue weighted by atomic mass is 16.5. The molecule has 2 rings (SSSR count). The van der Waals surface area contributed by atoms with E-state index in [1.54, 1.807) is 24.3 Å². The smallest absolute Gasteiger partial charge is 0.337 e. The normalized spacial score (nSPS) is 11.7. The molecule has 0 heterocycles. The Kier molecular flexibility index (Phi) is 8.49. The molecule has 0 saturated carbocycles. The molecule has 0 radical (unpaired) electrons. The first-order valence-electron chi connectivity index (χ1n) is 9.57. The van der Waals surface area contributed by atoms with Gasteiger partial charge >= 0.3 is 12.0 Å². The van der Waals surface area contributed by atoms with Gasteiger partial charge in [0.2, 0.25) is 0 Å². The molecule has 0 fully saturated rings. The lowest BCUT2D eigenvalue weighted by atomic mass is 10.1. The number of methoxy groups -OCH3 is 1. The predicted octanol–water partition coefficient (Wildman–Crippen LogP) is 3.36. The zero-order valence-corrected chi connectivity index (χ0v) is 16.8. The lowest BCUT2D eigenvalue weighted by Crippen LogP contribution is -2.42. The minimum Gasteiger partial charge on any atom is -0.465 e. The number of amides is 2. The second kappa shape index (κ2) is 11.1. The van der Waals surface area contributed by atoms with Crippen LogP contribution in [0.3, 0.4) is 0 Å². The first-order valence-corrected chi connectivity index (χ1v) is 9.57. The number of hydrogen-bond acceptors (Lipinski definition) is 4. The van der Waals surface area contributed by atoms with Crippen molar-refractivity contribution in [2.24, 2.45) is 0 Å². The van der Waals surface area contributed by atoms with E-state index in [4.69, 9.17) is 0 Å². The van der Waals surface area contributed by atoms with Gasteiger partial charge in [0.1, 0.15) is 0 Å². The molecule has 2 aromatic carbocycles. The standard InChI is InChI=1S/C22H29N3O3/c1-4-25(5-2)20(18-9-7-6-8-10-18)16-24-22(27)23-15-17-11-13-19(14-12-17)21(26)28-3/h6-14,20H,4-5,15-16H2,1-3H3,(H2,23,24,27). The van der Waals surface area contributed by atoms with Gasteiger partial charge in [-0.2, -0.15) is 0 Å². The summed E-state index contributed by atoms with van der Waals surface area (Å²) < 4.78 is 4.68. The number of nitrogens with zero attached hydrogens (tertiary/aromatic N) is 1. The van der Waals surface area contributed by atoms with Gasteiger partial charge in [0.05, 0.1) is 18.7 Å². The molecule has 1 unspecified atom stereocenters. The number of esters is 1. The van der Waals surface area contributed by atoms with Crippen molar-refractivity contribution in [2.75, 3.05) is 26.7 Å². The molecule has 1 atom stereocenters. The number of likely N-dealkylation sites (N-methyl/N-ethyl adjacent to an activating group) is 1. The number of nitrogens with one attached hydrogen (secondary N) is 2. The molecule has 2 amide bonds. The summed E-state index contributed by atoms with van der Waals surface area (Å²) in [6, 6.07) is 17.1. The van der Waals surface area contributed by atoms with E-state index in [1.807, 2.05) is 18.2 Å². The van der Waals surface area contributed by atoms with Crippen molar-refractivity contribution in [1.82, 2.24) is 15.5 Å². The number of urea groups is 1. The van der Waals surface area contributed by atoms with Crippen molar-refractivity contribution < 1.29 is 14.3 Å². The summed E-state index contributed by atoms with van der Waals surface area (Å²) in [7, 11) is 1.35. The lowest BCUT2D eigenvalue weighted by Gasteiger charge is -2.30. The van der Waals surface area contributed by atoms with Gasteiger partial charge < -0.3 is 15.4 Å². The average Bonchev–Trinajstić information content (AvgIpc) is 2.75. The molecule has 0 aliphatic heterocycles. The zero-order valence-electron chi connectivity index (χ0n) is 16.8. The highest BCUT2D eigenvalue weighted by Crippen LogP contribution is 2.19. The summed E-state index contributed by atoms with van der Waals surface area (Å²) in [6.45, 7) is 6.97. The van der Waals surface area contributed by atoms with Crippen LogP contribution >= 0.6 is 0 Å². The van der Waals surface area contributed by atoms with Gasteiger partial charge in [0, 0.05) is 13.1 Å². The number of hydrogen-bond donors (Lipinski definition) is 2. The quantitative estimate of drug-likeness (QED) is 0.652. The maximum Gasteiger partial charge on any atom is 0.337 e. The number of benzene rings is 2. The van der Waals surface area contributed by atoms with E-state index in [0.29, 0.717) is 18.7 Å². The fourth-order valence-electron chi connectivity index (χ4n) is 3.11. The SMILES string of the molecule is CCN(CC)C(CNC(=O)NCc1ccc(C(=O)OC)cc1)c1ccccc1. The van der Waals surface area contributed by atoms with Crippen LogP contribution in [0.15, 0.2) is 54.6 Å². The van der Waals surface area contributed by atoms with Crippen molar-refractivity contribution in [3.05, 3.63) is 71.3 Å². The minimum absolute atomic E-state index is 0.126. The van der Waals surface area contributed by atoms with Crippen LogP contribution in [0.4, 0.5) is 4.79 Å². The molecular formula is C22H29N3O3. The van der Waals surface area contributed by atoms with E-state index in [2.05, 4.69) is 46.3 Å². The summed E-state index contributed by atoms with van der Waals surface area (Å²) in [5.41, 5.74) is 2.58. The second-order valence-electron chi connectivity index (χ2n) is 6.40. The average molecular weight is 383 g/mol.